The molecule has 2 aromatic rings. The normalized spacial score (nSPS) is 25.2. The largest absolute Gasteiger partial charge is 0.299 e. The Morgan fingerprint density at radius 2 is 1.48 bits per heavy atom. The van der Waals surface area contributed by atoms with Gasteiger partial charge >= 0.3 is 0 Å². The fourth-order valence-corrected chi connectivity index (χ4v) is 2.93. The minimum absolute atomic E-state index is 0.0854. The van der Waals surface area contributed by atoms with Crippen molar-refractivity contribution in [2.45, 2.75) is 19.0 Å². The number of rotatable bonds is 3. The second-order valence-corrected chi connectivity index (χ2v) is 5.47. The molecule has 0 fully saturated rings. The molecule has 1 aliphatic rings. The van der Waals surface area contributed by atoms with Gasteiger partial charge in [0.15, 0.2) is 0 Å². The van der Waals surface area contributed by atoms with Crippen LogP contribution in [0.5, 0.6) is 0 Å². The van der Waals surface area contributed by atoms with Crippen LogP contribution in [-0.4, -0.2) is 5.21 Å². The van der Waals surface area contributed by atoms with E-state index < -0.39 is 0 Å². The Bertz CT molecular complexity index is 610. The fraction of sp³-hybridized carbons (Fsp3) is 0.222. The second-order valence-electron chi connectivity index (χ2n) is 5.47. The van der Waals surface area contributed by atoms with E-state index in [1.165, 1.54) is 11.1 Å². The van der Waals surface area contributed by atoms with Crippen LogP contribution in [0.4, 0.5) is 0 Å². The number of hydrogen-bond donors (Lipinski definition) is 3. The highest BCUT2D eigenvalue weighted by Gasteiger charge is 2.30. The number of benzene rings is 2. The average molecular weight is 280 g/mol. The maximum absolute atomic E-state index is 9.44. The first-order valence-electron chi connectivity index (χ1n) is 7.27. The lowest BCUT2D eigenvalue weighted by Crippen LogP contribution is -2.38. The third-order valence-corrected chi connectivity index (χ3v) is 4.14. The Morgan fingerprint density at radius 3 is 2.05 bits per heavy atom. The van der Waals surface area contributed by atoms with Gasteiger partial charge < -0.3 is 0 Å². The molecule has 3 N–H and O–H groups in total. The van der Waals surface area contributed by atoms with E-state index in [2.05, 4.69) is 48.1 Å². The Kier molecular flexibility index (Phi) is 4.04. The van der Waals surface area contributed by atoms with Crippen LogP contribution in [0, 0.1) is 5.92 Å². The maximum Gasteiger partial charge on any atom is 0.0531 e. The van der Waals surface area contributed by atoms with Crippen LogP contribution in [0.15, 0.2) is 72.4 Å². The summed E-state index contributed by atoms with van der Waals surface area (Å²) in [5, 5.41) is 13.1. The van der Waals surface area contributed by atoms with Crippen LogP contribution in [-0.2, 0) is 0 Å². The van der Waals surface area contributed by atoms with Crippen LogP contribution < -0.4 is 10.8 Å². The van der Waals surface area contributed by atoms with Crippen LogP contribution in [0.1, 0.15) is 30.1 Å². The van der Waals surface area contributed by atoms with E-state index in [1.807, 2.05) is 36.4 Å². The van der Waals surface area contributed by atoms with Gasteiger partial charge in [0.25, 0.3) is 0 Å². The van der Waals surface area contributed by atoms with Crippen LogP contribution in [0.2, 0.25) is 0 Å². The zero-order valence-electron chi connectivity index (χ0n) is 12.0. The Balaban J connectivity index is 1.96. The minimum atomic E-state index is 0.0854. The van der Waals surface area contributed by atoms with E-state index in [-0.39, 0.29) is 18.0 Å². The molecule has 3 heteroatoms. The summed E-state index contributed by atoms with van der Waals surface area (Å²) < 4.78 is 0. The third kappa shape index (κ3) is 2.84. The van der Waals surface area contributed by atoms with Crippen molar-refractivity contribution < 1.29 is 5.21 Å². The molecule has 0 spiro atoms. The molecule has 0 radical (unpaired) electrons. The molecule has 2 aromatic carbocycles. The molecule has 3 rings (SSSR count). The van der Waals surface area contributed by atoms with Gasteiger partial charge in [-0.2, -0.15) is 0 Å². The maximum atomic E-state index is 9.44. The molecule has 3 unspecified atom stereocenters. The number of hydrogen-bond acceptors (Lipinski definition) is 3. The lowest BCUT2D eigenvalue weighted by Gasteiger charge is -2.35. The predicted molar refractivity (Wildman–Crippen MR) is 83.7 cm³/mol. The van der Waals surface area contributed by atoms with Crippen molar-refractivity contribution in [3.63, 3.8) is 0 Å². The van der Waals surface area contributed by atoms with Gasteiger partial charge in [0.2, 0.25) is 0 Å². The Labute approximate surface area is 125 Å². The lowest BCUT2D eigenvalue weighted by atomic mass is 9.86. The molecule has 0 bridgehead atoms. The van der Waals surface area contributed by atoms with Gasteiger partial charge in [0.05, 0.1) is 6.04 Å². The first kappa shape index (κ1) is 13.9. The highest BCUT2D eigenvalue weighted by atomic mass is 16.5. The molecule has 3 atom stereocenters. The van der Waals surface area contributed by atoms with Crippen molar-refractivity contribution in [3.05, 3.63) is 83.6 Å². The quantitative estimate of drug-likeness (QED) is 0.753. The molecule has 0 aliphatic carbocycles. The van der Waals surface area contributed by atoms with E-state index in [1.54, 1.807) is 0 Å². The SMILES string of the molecule is CC1C(NO)=CC(c2ccccc2)NC1c1ccccc1. The smallest absolute Gasteiger partial charge is 0.0531 e. The Morgan fingerprint density at radius 1 is 0.905 bits per heavy atom. The molecule has 0 saturated carbocycles. The molecule has 0 amide bonds. The predicted octanol–water partition coefficient (Wildman–Crippen LogP) is 3.57. The van der Waals surface area contributed by atoms with Crippen molar-refractivity contribution in [2.75, 3.05) is 0 Å². The van der Waals surface area contributed by atoms with Gasteiger partial charge in [-0.25, -0.2) is 0 Å². The van der Waals surface area contributed by atoms with Gasteiger partial charge in [0.1, 0.15) is 0 Å². The summed E-state index contributed by atoms with van der Waals surface area (Å²) in [7, 11) is 0. The molecule has 0 saturated heterocycles. The summed E-state index contributed by atoms with van der Waals surface area (Å²) in [6.45, 7) is 2.11. The molecule has 1 aliphatic heterocycles. The number of hydroxylamine groups is 1. The zero-order chi connectivity index (χ0) is 14.7. The summed E-state index contributed by atoms with van der Waals surface area (Å²) in [5.74, 6) is 0.178. The van der Waals surface area contributed by atoms with Gasteiger partial charge in [-0.15, -0.1) is 0 Å². The first-order valence-corrected chi connectivity index (χ1v) is 7.27. The monoisotopic (exact) mass is 280 g/mol. The van der Waals surface area contributed by atoms with E-state index in [0.29, 0.717) is 0 Å². The molecule has 0 aromatic heterocycles. The highest BCUT2D eigenvalue weighted by Crippen LogP contribution is 2.35. The first-order chi connectivity index (χ1) is 10.3. The van der Waals surface area contributed by atoms with Crippen LogP contribution in [0.25, 0.3) is 0 Å². The van der Waals surface area contributed by atoms with Crippen LogP contribution in [0.3, 0.4) is 0 Å². The summed E-state index contributed by atoms with van der Waals surface area (Å²) in [5.41, 5.74) is 5.65. The van der Waals surface area contributed by atoms with E-state index in [4.69, 9.17) is 0 Å². The number of nitrogens with one attached hydrogen (secondary N) is 2. The van der Waals surface area contributed by atoms with Gasteiger partial charge in [-0.1, -0.05) is 67.6 Å². The van der Waals surface area contributed by atoms with E-state index in [0.717, 1.165) is 5.70 Å². The second kappa shape index (κ2) is 6.12. The molecule has 21 heavy (non-hydrogen) atoms. The van der Waals surface area contributed by atoms with Crippen molar-refractivity contribution >= 4 is 0 Å². The topological polar surface area (TPSA) is 44.3 Å². The Hall–Kier alpha value is -2.10. The molecule has 3 nitrogen and oxygen atoms in total. The zero-order valence-corrected chi connectivity index (χ0v) is 12.0. The summed E-state index contributed by atoms with van der Waals surface area (Å²) in [4.78, 5) is 0. The standard InChI is InChI=1S/C18H20N2O/c1-13-16(20-21)12-17(14-8-4-2-5-9-14)19-18(13)15-10-6-3-7-11-15/h2-13,17-21H,1H3. The molecule has 1 heterocycles. The highest BCUT2D eigenvalue weighted by molar-refractivity contribution is 5.31. The van der Waals surface area contributed by atoms with Crippen molar-refractivity contribution in [1.82, 2.24) is 10.8 Å². The van der Waals surface area contributed by atoms with Crippen molar-refractivity contribution in [1.29, 1.82) is 0 Å². The van der Waals surface area contributed by atoms with Gasteiger partial charge in [-0.3, -0.25) is 16.0 Å². The van der Waals surface area contributed by atoms with Crippen molar-refractivity contribution in [3.8, 4) is 0 Å². The van der Waals surface area contributed by atoms with Gasteiger partial charge in [-0.05, 0) is 17.2 Å². The fourth-order valence-electron chi connectivity index (χ4n) is 2.93. The molecule has 108 valence electrons. The van der Waals surface area contributed by atoms with Gasteiger partial charge in [0, 0.05) is 17.7 Å². The molecular formula is C18H20N2O. The molecular weight excluding hydrogens is 260 g/mol. The van der Waals surface area contributed by atoms with Crippen LogP contribution >= 0.6 is 0 Å². The van der Waals surface area contributed by atoms with E-state index in [9.17, 15) is 5.21 Å². The summed E-state index contributed by atoms with van der Waals surface area (Å²) in [6, 6.07) is 20.9. The lowest BCUT2D eigenvalue weighted by molar-refractivity contribution is 0.172. The minimum Gasteiger partial charge on any atom is -0.299 e. The van der Waals surface area contributed by atoms with Crippen molar-refractivity contribution in [2.24, 2.45) is 5.92 Å². The summed E-state index contributed by atoms with van der Waals surface area (Å²) in [6.07, 6.45) is 2.06. The third-order valence-electron chi connectivity index (χ3n) is 4.14. The summed E-state index contributed by atoms with van der Waals surface area (Å²) >= 11 is 0. The van der Waals surface area contributed by atoms with E-state index >= 15 is 0 Å². The average Bonchev–Trinajstić information content (AvgIpc) is 2.56.